The number of anilines is 1. The molecule has 2 aliphatic rings. The van der Waals surface area contributed by atoms with Gasteiger partial charge >= 0.3 is 0 Å². The number of thiazole rings is 1. The molecule has 106 valence electrons. The number of aryl methyl sites for hydroxylation is 1. The molecule has 19 heavy (non-hydrogen) atoms. The second-order valence-corrected chi connectivity index (χ2v) is 6.67. The molecule has 0 amide bonds. The van der Waals surface area contributed by atoms with E-state index in [4.69, 9.17) is 15.5 Å². The lowest BCUT2D eigenvalue weighted by Gasteiger charge is -2.38. The Morgan fingerprint density at radius 3 is 3.11 bits per heavy atom. The Bertz CT molecular complexity index is 448. The van der Waals surface area contributed by atoms with Crippen LogP contribution in [0.25, 0.3) is 0 Å². The third kappa shape index (κ3) is 2.51. The lowest BCUT2D eigenvalue weighted by molar-refractivity contribution is 0.0299. The van der Waals surface area contributed by atoms with E-state index in [1.807, 2.05) is 0 Å². The summed E-state index contributed by atoms with van der Waals surface area (Å²) in [5, 5.41) is 1.16. The van der Waals surface area contributed by atoms with Gasteiger partial charge in [-0.3, -0.25) is 0 Å². The predicted octanol–water partition coefficient (Wildman–Crippen LogP) is 2.48. The molecule has 2 N–H and O–H groups in total. The Hall–Kier alpha value is -0.650. The van der Waals surface area contributed by atoms with Crippen LogP contribution in [-0.2, 0) is 11.2 Å². The Labute approximate surface area is 119 Å². The molecule has 3 rings (SSSR count). The standard InChI is InChI=1S/C14H23N3OS/c1-3-10-8-18-9(2)7-17(10)14-16-12-6-4-5-11(15)13(12)19-14/h9-11H,3-8,15H2,1-2H3. The van der Waals surface area contributed by atoms with Gasteiger partial charge in [-0.15, -0.1) is 0 Å². The summed E-state index contributed by atoms with van der Waals surface area (Å²) in [6, 6.07) is 0.661. The van der Waals surface area contributed by atoms with E-state index in [1.54, 1.807) is 11.3 Å². The fourth-order valence-corrected chi connectivity index (χ4v) is 4.21. The van der Waals surface area contributed by atoms with Crippen molar-refractivity contribution in [2.24, 2.45) is 5.73 Å². The maximum absolute atomic E-state index is 6.21. The fourth-order valence-electron chi connectivity index (χ4n) is 2.98. The Morgan fingerprint density at radius 1 is 1.53 bits per heavy atom. The molecule has 0 saturated carbocycles. The molecule has 1 aliphatic carbocycles. The van der Waals surface area contributed by atoms with Gasteiger partial charge in [-0.2, -0.15) is 0 Å². The zero-order valence-corrected chi connectivity index (χ0v) is 12.6. The highest BCUT2D eigenvalue weighted by atomic mass is 32.1. The molecule has 1 aliphatic heterocycles. The van der Waals surface area contributed by atoms with E-state index in [9.17, 15) is 0 Å². The SMILES string of the molecule is CCC1COC(C)CN1c1nc2c(s1)C(N)CCC2. The van der Waals surface area contributed by atoms with E-state index in [1.165, 1.54) is 17.0 Å². The van der Waals surface area contributed by atoms with Crippen LogP contribution in [0, 0.1) is 0 Å². The molecule has 0 bridgehead atoms. The number of morpholine rings is 1. The molecule has 4 nitrogen and oxygen atoms in total. The molecule has 1 aromatic heterocycles. The van der Waals surface area contributed by atoms with Crippen molar-refractivity contribution in [2.45, 2.75) is 57.7 Å². The maximum atomic E-state index is 6.21. The van der Waals surface area contributed by atoms with E-state index in [0.717, 1.165) is 37.5 Å². The first-order valence-corrected chi connectivity index (χ1v) is 8.14. The third-order valence-electron chi connectivity index (χ3n) is 4.17. The number of fused-ring (bicyclic) bond motifs is 1. The minimum absolute atomic E-state index is 0.202. The summed E-state index contributed by atoms with van der Waals surface area (Å²) in [6.45, 7) is 6.11. The number of hydrogen-bond acceptors (Lipinski definition) is 5. The number of aromatic nitrogens is 1. The molecular weight excluding hydrogens is 258 g/mol. The highest BCUT2D eigenvalue weighted by molar-refractivity contribution is 7.15. The van der Waals surface area contributed by atoms with Crippen molar-refractivity contribution in [3.63, 3.8) is 0 Å². The molecule has 0 aromatic carbocycles. The van der Waals surface area contributed by atoms with Crippen molar-refractivity contribution in [3.05, 3.63) is 10.6 Å². The van der Waals surface area contributed by atoms with Gasteiger partial charge in [-0.1, -0.05) is 18.3 Å². The molecule has 3 unspecified atom stereocenters. The van der Waals surface area contributed by atoms with Crippen LogP contribution in [-0.4, -0.2) is 30.3 Å². The van der Waals surface area contributed by atoms with Crippen molar-refractivity contribution < 1.29 is 4.74 Å². The van der Waals surface area contributed by atoms with Gasteiger partial charge in [0.25, 0.3) is 0 Å². The van der Waals surface area contributed by atoms with E-state index in [0.29, 0.717) is 6.04 Å². The highest BCUT2D eigenvalue weighted by Gasteiger charge is 2.30. The van der Waals surface area contributed by atoms with Gasteiger partial charge in [0.15, 0.2) is 5.13 Å². The van der Waals surface area contributed by atoms with Crippen LogP contribution in [0.1, 0.15) is 49.7 Å². The molecule has 1 saturated heterocycles. The Kier molecular flexibility index (Phi) is 3.78. The lowest BCUT2D eigenvalue weighted by Crippen LogP contribution is -2.48. The summed E-state index contributed by atoms with van der Waals surface area (Å²) in [5.74, 6) is 0. The minimum atomic E-state index is 0.202. The van der Waals surface area contributed by atoms with Crippen molar-refractivity contribution in [3.8, 4) is 0 Å². The average Bonchev–Trinajstić information content (AvgIpc) is 2.84. The number of ether oxygens (including phenoxy) is 1. The smallest absolute Gasteiger partial charge is 0.186 e. The van der Waals surface area contributed by atoms with Gasteiger partial charge in [-0.25, -0.2) is 4.98 Å². The average molecular weight is 281 g/mol. The van der Waals surface area contributed by atoms with Crippen molar-refractivity contribution in [1.82, 2.24) is 4.98 Å². The topological polar surface area (TPSA) is 51.4 Å². The summed E-state index contributed by atoms with van der Waals surface area (Å²) < 4.78 is 5.77. The summed E-state index contributed by atoms with van der Waals surface area (Å²) in [7, 11) is 0. The van der Waals surface area contributed by atoms with Gasteiger partial charge in [0.05, 0.1) is 24.4 Å². The van der Waals surface area contributed by atoms with Gasteiger partial charge in [0, 0.05) is 17.5 Å². The van der Waals surface area contributed by atoms with Crippen LogP contribution in [0.3, 0.4) is 0 Å². The molecule has 1 fully saturated rings. The monoisotopic (exact) mass is 281 g/mol. The second kappa shape index (κ2) is 5.38. The van der Waals surface area contributed by atoms with E-state index in [-0.39, 0.29) is 12.1 Å². The highest BCUT2D eigenvalue weighted by Crippen LogP contribution is 2.37. The van der Waals surface area contributed by atoms with Crippen LogP contribution in [0.2, 0.25) is 0 Å². The van der Waals surface area contributed by atoms with Crippen LogP contribution in [0.5, 0.6) is 0 Å². The quantitative estimate of drug-likeness (QED) is 0.905. The first-order valence-electron chi connectivity index (χ1n) is 7.32. The zero-order valence-electron chi connectivity index (χ0n) is 11.8. The molecule has 0 radical (unpaired) electrons. The number of nitrogens with two attached hydrogens (primary N) is 1. The first kappa shape index (κ1) is 13.3. The maximum Gasteiger partial charge on any atom is 0.186 e. The summed E-state index contributed by atoms with van der Waals surface area (Å²) >= 11 is 1.81. The predicted molar refractivity (Wildman–Crippen MR) is 78.8 cm³/mol. The molecule has 2 heterocycles. The van der Waals surface area contributed by atoms with Crippen LogP contribution >= 0.6 is 11.3 Å². The number of hydrogen-bond donors (Lipinski definition) is 1. The molecular formula is C14H23N3OS. The van der Waals surface area contributed by atoms with E-state index >= 15 is 0 Å². The van der Waals surface area contributed by atoms with Crippen LogP contribution in [0.15, 0.2) is 0 Å². The van der Waals surface area contributed by atoms with Gasteiger partial charge in [0.2, 0.25) is 0 Å². The summed E-state index contributed by atoms with van der Waals surface area (Å²) in [4.78, 5) is 8.62. The normalized spacial score (nSPS) is 31.3. The number of nitrogens with zero attached hydrogens (tertiary/aromatic N) is 2. The molecule has 5 heteroatoms. The van der Waals surface area contributed by atoms with Gasteiger partial charge < -0.3 is 15.4 Å². The Balaban J connectivity index is 1.88. The van der Waals surface area contributed by atoms with Gasteiger partial charge in [0.1, 0.15) is 0 Å². The summed E-state index contributed by atoms with van der Waals surface area (Å²) in [6.07, 6.45) is 4.76. The molecule has 1 aromatic rings. The van der Waals surface area contributed by atoms with Crippen molar-refractivity contribution >= 4 is 16.5 Å². The van der Waals surface area contributed by atoms with Crippen LogP contribution < -0.4 is 10.6 Å². The van der Waals surface area contributed by atoms with Gasteiger partial charge in [-0.05, 0) is 32.6 Å². The summed E-state index contributed by atoms with van der Waals surface area (Å²) in [5.41, 5.74) is 7.45. The largest absolute Gasteiger partial charge is 0.375 e. The van der Waals surface area contributed by atoms with Crippen molar-refractivity contribution in [2.75, 3.05) is 18.1 Å². The third-order valence-corrected chi connectivity index (χ3v) is 5.43. The second-order valence-electron chi connectivity index (χ2n) is 5.66. The van der Waals surface area contributed by atoms with E-state index in [2.05, 4.69) is 18.7 Å². The van der Waals surface area contributed by atoms with Crippen molar-refractivity contribution in [1.29, 1.82) is 0 Å². The molecule has 3 atom stereocenters. The lowest BCUT2D eigenvalue weighted by atomic mass is 9.99. The molecule has 0 spiro atoms. The minimum Gasteiger partial charge on any atom is -0.375 e. The Morgan fingerprint density at radius 2 is 2.37 bits per heavy atom. The van der Waals surface area contributed by atoms with E-state index < -0.39 is 0 Å². The zero-order chi connectivity index (χ0) is 13.4. The van der Waals surface area contributed by atoms with Crippen LogP contribution in [0.4, 0.5) is 5.13 Å². The first-order chi connectivity index (χ1) is 9.19. The fraction of sp³-hybridized carbons (Fsp3) is 0.786. The number of rotatable bonds is 2.